The van der Waals surface area contributed by atoms with Crippen molar-refractivity contribution in [3.63, 3.8) is 0 Å². The minimum absolute atomic E-state index is 0.727. The van der Waals surface area contributed by atoms with Crippen LogP contribution in [0, 0.1) is 11.8 Å². The van der Waals surface area contributed by atoms with Crippen LogP contribution in [0.5, 0.6) is 0 Å². The molecule has 2 rings (SSSR count). The highest BCUT2D eigenvalue weighted by atomic mass is 16.1. The van der Waals surface area contributed by atoms with Gasteiger partial charge in [-0.3, -0.25) is 4.79 Å². The molecule has 0 aromatic rings. The first-order valence-corrected chi connectivity index (χ1v) is 7.16. The van der Waals surface area contributed by atoms with Crippen LogP contribution in [0.4, 0.5) is 0 Å². The van der Waals surface area contributed by atoms with E-state index in [1.807, 2.05) is 7.05 Å². The van der Waals surface area contributed by atoms with Crippen molar-refractivity contribution in [1.29, 1.82) is 0 Å². The number of likely N-dealkylation sites (tertiary alicyclic amines) is 1. The Morgan fingerprint density at radius 3 is 2.35 bits per heavy atom. The van der Waals surface area contributed by atoms with Gasteiger partial charge in [0.25, 0.3) is 0 Å². The fourth-order valence-electron chi connectivity index (χ4n) is 3.36. The predicted octanol–water partition coefficient (Wildman–Crippen LogP) is 1.98. The third kappa shape index (κ3) is 3.98. The van der Waals surface area contributed by atoms with Crippen molar-refractivity contribution in [3.8, 4) is 0 Å². The van der Waals surface area contributed by atoms with E-state index in [9.17, 15) is 4.79 Å². The summed E-state index contributed by atoms with van der Waals surface area (Å²) in [5, 5.41) is 0. The largest absolute Gasteiger partial charge is 0.348 e. The molecule has 1 aliphatic heterocycles. The lowest BCUT2D eigenvalue weighted by Gasteiger charge is -2.34. The zero-order chi connectivity index (χ0) is 12.1. The van der Waals surface area contributed by atoms with Gasteiger partial charge < -0.3 is 9.80 Å². The summed E-state index contributed by atoms with van der Waals surface area (Å²) >= 11 is 0. The molecular weight excluding hydrogens is 212 g/mol. The van der Waals surface area contributed by atoms with Gasteiger partial charge in [0.2, 0.25) is 6.41 Å². The average molecular weight is 238 g/mol. The first-order valence-electron chi connectivity index (χ1n) is 7.16. The molecule has 2 fully saturated rings. The van der Waals surface area contributed by atoms with E-state index >= 15 is 0 Å². The second-order valence-corrected chi connectivity index (χ2v) is 5.94. The Morgan fingerprint density at radius 2 is 1.76 bits per heavy atom. The molecule has 2 aliphatic rings. The number of carbonyl (C=O) groups is 1. The van der Waals surface area contributed by atoms with Gasteiger partial charge in [-0.25, -0.2) is 0 Å². The molecular formula is C14H26N2O. The molecule has 0 aromatic carbocycles. The summed E-state index contributed by atoms with van der Waals surface area (Å²) in [5.74, 6) is 1.70. The Kier molecular flexibility index (Phi) is 4.84. The molecule has 0 spiro atoms. The molecule has 17 heavy (non-hydrogen) atoms. The fourth-order valence-corrected chi connectivity index (χ4v) is 3.36. The number of hydrogen-bond donors (Lipinski definition) is 0. The van der Waals surface area contributed by atoms with Crippen molar-refractivity contribution in [2.75, 3.05) is 33.2 Å². The van der Waals surface area contributed by atoms with Gasteiger partial charge in [-0.1, -0.05) is 12.8 Å². The molecule has 1 amide bonds. The van der Waals surface area contributed by atoms with Gasteiger partial charge >= 0.3 is 0 Å². The number of piperidine rings is 1. The lowest BCUT2D eigenvalue weighted by atomic mass is 9.95. The highest BCUT2D eigenvalue weighted by Crippen LogP contribution is 2.27. The summed E-state index contributed by atoms with van der Waals surface area (Å²) in [6.45, 7) is 4.76. The van der Waals surface area contributed by atoms with Crippen molar-refractivity contribution in [3.05, 3.63) is 0 Å². The Morgan fingerprint density at radius 1 is 1.12 bits per heavy atom. The van der Waals surface area contributed by atoms with Crippen LogP contribution in [0.1, 0.15) is 38.5 Å². The highest BCUT2D eigenvalue weighted by Gasteiger charge is 2.23. The van der Waals surface area contributed by atoms with Crippen LogP contribution in [0.3, 0.4) is 0 Å². The zero-order valence-electron chi connectivity index (χ0n) is 11.1. The third-order valence-electron chi connectivity index (χ3n) is 4.42. The topological polar surface area (TPSA) is 23.6 Å². The van der Waals surface area contributed by atoms with Gasteiger partial charge in [0.15, 0.2) is 0 Å². The second kappa shape index (κ2) is 6.39. The van der Waals surface area contributed by atoms with Crippen molar-refractivity contribution in [2.45, 2.75) is 38.5 Å². The summed E-state index contributed by atoms with van der Waals surface area (Å²) in [4.78, 5) is 15.0. The third-order valence-corrected chi connectivity index (χ3v) is 4.42. The van der Waals surface area contributed by atoms with E-state index in [1.54, 1.807) is 4.90 Å². The molecule has 1 aliphatic carbocycles. The quantitative estimate of drug-likeness (QED) is 0.684. The van der Waals surface area contributed by atoms with Crippen LogP contribution in [-0.2, 0) is 4.79 Å². The van der Waals surface area contributed by atoms with Gasteiger partial charge in [0.05, 0.1) is 0 Å². The maximum atomic E-state index is 10.6. The molecule has 98 valence electrons. The van der Waals surface area contributed by atoms with Crippen LogP contribution < -0.4 is 0 Å². The summed E-state index contributed by atoms with van der Waals surface area (Å²) in [5.41, 5.74) is 0. The van der Waals surface area contributed by atoms with Crippen molar-refractivity contribution < 1.29 is 4.79 Å². The van der Waals surface area contributed by atoms with Gasteiger partial charge in [0.1, 0.15) is 0 Å². The number of rotatable bonds is 5. The minimum Gasteiger partial charge on any atom is -0.348 e. The molecule has 1 saturated carbocycles. The van der Waals surface area contributed by atoms with Crippen molar-refractivity contribution in [2.24, 2.45) is 11.8 Å². The van der Waals surface area contributed by atoms with E-state index in [1.165, 1.54) is 58.2 Å². The Bertz CT molecular complexity index is 230. The van der Waals surface area contributed by atoms with Crippen molar-refractivity contribution >= 4 is 6.41 Å². The molecule has 0 N–H and O–H groups in total. The second-order valence-electron chi connectivity index (χ2n) is 5.94. The number of amides is 1. The fraction of sp³-hybridized carbons (Fsp3) is 0.929. The summed E-state index contributed by atoms with van der Waals surface area (Å²) in [7, 11) is 1.89. The SMILES string of the molecule is CN(C=O)CC1CCN(CC2CCCC2)CC1. The molecule has 1 heterocycles. The first-order chi connectivity index (χ1) is 8.28. The van der Waals surface area contributed by atoms with Gasteiger partial charge in [0, 0.05) is 20.1 Å². The van der Waals surface area contributed by atoms with Crippen LogP contribution in [0.25, 0.3) is 0 Å². The highest BCUT2D eigenvalue weighted by molar-refractivity contribution is 5.46. The van der Waals surface area contributed by atoms with Crippen molar-refractivity contribution in [1.82, 2.24) is 9.80 Å². The molecule has 0 atom stereocenters. The van der Waals surface area contributed by atoms with Crippen LogP contribution in [0.2, 0.25) is 0 Å². The maximum absolute atomic E-state index is 10.6. The molecule has 0 unspecified atom stereocenters. The molecule has 1 saturated heterocycles. The standard InChI is InChI=1S/C14H26N2O/c1-15(12-17)10-14-6-8-16(9-7-14)11-13-4-2-3-5-13/h12-14H,2-11H2,1H3. The predicted molar refractivity (Wildman–Crippen MR) is 69.8 cm³/mol. The minimum atomic E-state index is 0.727. The number of nitrogens with zero attached hydrogens (tertiary/aromatic N) is 2. The Hall–Kier alpha value is -0.570. The maximum Gasteiger partial charge on any atom is 0.209 e. The molecule has 0 radical (unpaired) electrons. The molecule has 3 nitrogen and oxygen atoms in total. The van der Waals surface area contributed by atoms with E-state index in [0.717, 1.165) is 24.8 Å². The van der Waals surface area contributed by atoms with Crippen LogP contribution in [-0.4, -0.2) is 49.4 Å². The summed E-state index contributed by atoms with van der Waals surface area (Å²) in [6, 6.07) is 0. The molecule has 0 bridgehead atoms. The van der Waals surface area contributed by atoms with Crippen LogP contribution in [0.15, 0.2) is 0 Å². The van der Waals surface area contributed by atoms with E-state index in [4.69, 9.17) is 0 Å². The van der Waals surface area contributed by atoms with Crippen LogP contribution >= 0.6 is 0 Å². The summed E-state index contributed by atoms with van der Waals surface area (Å²) < 4.78 is 0. The smallest absolute Gasteiger partial charge is 0.209 e. The Labute approximate surface area is 105 Å². The number of carbonyl (C=O) groups excluding carboxylic acids is 1. The number of hydrogen-bond acceptors (Lipinski definition) is 2. The van der Waals surface area contributed by atoms with E-state index < -0.39 is 0 Å². The normalized spacial score (nSPS) is 24.1. The lowest BCUT2D eigenvalue weighted by Crippen LogP contribution is -2.39. The van der Waals surface area contributed by atoms with E-state index in [0.29, 0.717) is 0 Å². The first kappa shape index (κ1) is 12.9. The van der Waals surface area contributed by atoms with Gasteiger partial charge in [-0.05, 0) is 50.6 Å². The zero-order valence-corrected chi connectivity index (χ0v) is 11.1. The molecule has 3 heteroatoms. The summed E-state index contributed by atoms with van der Waals surface area (Å²) in [6.07, 6.45) is 9.29. The van der Waals surface area contributed by atoms with Gasteiger partial charge in [-0.15, -0.1) is 0 Å². The molecule has 0 aromatic heterocycles. The van der Waals surface area contributed by atoms with E-state index in [2.05, 4.69) is 4.90 Å². The Balaban J connectivity index is 1.65. The average Bonchev–Trinajstić information content (AvgIpc) is 2.84. The van der Waals surface area contributed by atoms with Gasteiger partial charge in [-0.2, -0.15) is 0 Å². The lowest BCUT2D eigenvalue weighted by molar-refractivity contribution is -0.117. The van der Waals surface area contributed by atoms with E-state index in [-0.39, 0.29) is 0 Å². The monoisotopic (exact) mass is 238 g/mol.